The van der Waals surface area contributed by atoms with E-state index in [9.17, 15) is 0 Å². The van der Waals surface area contributed by atoms with Gasteiger partial charge in [-0.15, -0.1) is 0 Å². The van der Waals surface area contributed by atoms with Crippen LogP contribution in [-0.4, -0.2) is 45.7 Å². The van der Waals surface area contributed by atoms with Crippen molar-refractivity contribution in [3.63, 3.8) is 0 Å². The standard InChI is InChI=1S/C8H10OTe.Na/c1-2-9-7-3-5-8(10)6-4-7;/h3-6,10H,2H2,1H3;/q;+1/p-1. The quantitative estimate of drug-likeness (QED) is 0.728. The van der Waals surface area contributed by atoms with Gasteiger partial charge in [-0.25, -0.2) is 0 Å². The van der Waals surface area contributed by atoms with Gasteiger partial charge < -0.3 is 0 Å². The zero-order chi connectivity index (χ0) is 8.10. The molecule has 11 heavy (non-hydrogen) atoms. The molecular weight excluding hydrogens is 263 g/mol. The Morgan fingerprint density at radius 1 is 1.36 bits per heavy atom. The van der Waals surface area contributed by atoms with Gasteiger partial charge in [0.05, 0.1) is 0 Å². The van der Waals surface area contributed by atoms with E-state index in [1.165, 1.54) is 23.5 Å². The van der Waals surface area contributed by atoms with Gasteiger partial charge in [-0.1, -0.05) is 0 Å². The molecule has 54 valence electrons. The van der Waals surface area contributed by atoms with E-state index < -0.39 is 0 Å². The molecule has 1 aromatic rings. The zero-order valence-electron chi connectivity index (χ0n) is 6.83. The monoisotopic (exact) mass is 274 g/mol. The van der Waals surface area contributed by atoms with Gasteiger partial charge in [0.15, 0.2) is 0 Å². The minimum atomic E-state index is 0.214. The topological polar surface area (TPSA) is 9.23 Å². The van der Waals surface area contributed by atoms with E-state index >= 15 is 0 Å². The fraction of sp³-hybridized carbons (Fsp3) is 0.250. The molecule has 0 aliphatic heterocycles. The van der Waals surface area contributed by atoms with Gasteiger partial charge in [0.2, 0.25) is 0 Å². The molecule has 0 fully saturated rings. The third-order valence-electron chi connectivity index (χ3n) is 1.37. The number of hydrogen-bond acceptors (Lipinski definition) is 1. The molecule has 0 aliphatic carbocycles. The number of hydrogen-bond donors (Lipinski definition) is 0. The van der Waals surface area contributed by atoms with E-state index in [2.05, 4.69) is 24.3 Å². The minimum absolute atomic E-state index is 0.214. The molecule has 0 unspecified atom stereocenters. The summed E-state index contributed by atoms with van der Waals surface area (Å²) in [5.74, 6) is 0.999. The summed E-state index contributed by atoms with van der Waals surface area (Å²) in [5, 5.41) is 0. The van der Waals surface area contributed by atoms with Gasteiger partial charge in [-0.05, 0) is 0 Å². The zero-order valence-corrected chi connectivity index (χ0v) is 11.2. The summed E-state index contributed by atoms with van der Waals surface area (Å²) in [6.07, 6.45) is 0. The number of ether oxygens (including phenoxy) is 1. The van der Waals surface area contributed by atoms with Gasteiger partial charge >= 0.3 is 91.0 Å². The Labute approximate surface area is 89.9 Å². The van der Waals surface area contributed by atoms with Crippen molar-refractivity contribution >= 4 is 42.7 Å². The summed E-state index contributed by atoms with van der Waals surface area (Å²) >= 11 is 1.58. The molecule has 0 heterocycles. The van der Waals surface area contributed by atoms with Crippen LogP contribution < -0.4 is 8.35 Å². The summed E-state index contributed by atoms with van der Waals surface area (Å²) < 4.78 is 6.88. The third kappa shape index (κ3) is 3.36. The first kappa shape index (κ1) is 9.89. The van der Waals surface area contributed by atoms with E-state index in [1.54, 1.807) is 3.61 Å². The molecule has 0 saturated heterocycles. The summed E-state index contributed by atoms with van der Waals surface area (Å²) in [6, 6.07) is 8.53. The van der Waals surface area contributed by atoms with Crippen LogP contribution in [0.5, 0.6) is 5.75 Å². The van der Waals surface area contributed by atoms with E-state index in [4.69, 9.17) is 4.74 Å². The van der Waals surface area contributed by atoms with E-state index in [0.29, 0.717) is 0 Å². The Morgan fingerprint density at radius 3 is 2.45 bits per heavy atom. The van der Waals surface area contributed by atoms with Crippen molar-refractivity contribution in [3.8, 4) is 5.75 Å². The second kappa shape index (κ2) is 5.45. The number of rotatable bonds is 3. The molecular formula is C8H9NaOTe. The maximum absolute atomic E-state index is 5.33. The molecule has 0 bridgehead atoms. The van der Waals surface area contributed by atoms with Crippen LogP contribution in [0.4, 0.5) is 0 Å². The van der Waals surface area contributed by atoms with E-state index in [0.717, 1.165) is 12.4 Å². The van der Waals surface area contributed by atoms with Gasteiger partial charge in [-0.3, -0.25) is 0 Å². The second-order valence-corrected chi connectivity index (χ2v) is 7.36. The summed E-state index contributed by atoms with van der Waals surface area (Å²) in [7, 11) is 0. The Balaban J connectivity index is 2.66. The van der Waals surface area contributed by atoms with Crippen molar-refractivity contribution in [1.82, 2.24) is 0 Å². The first-order valence-electron chi connectivity index (χ1n) is 3.63. The normalized spacial score (nSPS) is 9.73. The molecule has 0 N–H and O–H groups in total. The van der Waals surface area contributed by atoms with Crippen molar-refractivity contribution in [1.29, 1.82) is 0 Å². The molecule has 0 spiro atoms. The van der Waals surface area contributed by atoms with Crippen LogP contribution in [0, 0.1) is 0 Å². The molecule has 0 radical (unpaired) electrons. The predicted octanol–water partition coefficient (Wildman–Crippen LogP) is 0.498. The average Bonchev–Trinajstić information content (AvgIpc) is 2.07. The van der Waals surface area contributed by atoms with Crippen LogP contribution in [0.2, 0.25) is 0 Å². The Bertz CT molecular complexity index is 210. The molecule has 0 aromatic heterocycles. The third-order valence-corrected chi connectivity index (χ3v) is 6.65. The summed E-state index contributed by atoms with van der Waals surface area (Å²) in [6.45, 7) is 2.77. The van der Waals surface area contributed by atoms with Crippen molar-refractivity contribution in [3.05, 3.63) is 24.3 Å². The molecule has 0 aliphatic rings. The Kier molecular flexibility index (Phi) is 4.91. The van der Waals surface area contributed by atoms with Gasteiger partial charge in [-0.2, -0.15) is 0 Å². The average molecular weight is 272 g/mol. The van der Waals surface area contributed by atoms with E-state index in [-0.39, 0.29) is 15.5 Å². The van der Waals surface area contributed by atoms with Gasteiger partial charge in [0.25, 0.3) is 0 Å². The fourth-order valence-corrected chi connectivity index (χ4v) is 3.83. The molecule has 0 saturated carbocycles. The van der Waals surface area contributed by atoms with Crippen LogP contribution >= 0.6 is 0 Å². The first-order valence-corrected chi connectivity index (χ1v) is 12.6. The first-order chi connectivity index (χ1) is 5.36. The second-order valence-electron chi connectivity index (χ2n) is 2.11. The Morgan fingerprint density at radius 2 is 2.00 bits per heavy atom. The molecule has 1 nitrogen and oxygen atoms in total. The number of benzene rings is 1. The maximum atomic E-state index is 5.33. The predicted molar refractivity (Wildman–Crippen MR) is 48.8 cm³/mol. The molecule has 3 heteroatoms. The van der Waals surface area contributed by atoms with Crippen molar-refractivity contribution < 1.29 is 4.74 Å². The fourth-order valence-electron chi connectivity index (χ4n) is 0.839. The van der Waals surface area contributed by atoms with Crippen molar-refractivity contribution in [2.24, 2.45) is 0 Å². The van der Waals surface area contributed by atoms with Crippen molar-refractivity contribution in [2.75, 3.05) is 6.61 Å². The van der Waals surface area contributed by atoms with Crippen LogP contribution in [0.1, 0.15) is 6.92 Å². The SMILES string of the molecule is CCOc1ccc([Te][Na])cc1. The van der Waals surface area contributed by atoms with Crippen LogP contribution in [0.3, 0.4) is 0 Å². The van der Waals surface area contributed by atoms with E-state index in [1.807, 2.05) is 6.92 Å². The van der Waals surface area contributed by atoms with Gasteiger partial charge in [0.1, 0.15) is 0 Å². The molecule has 1 rings (SSSR count). The van der Waals surface area contributed by atoms with Crippen LogP contribution in [-0.2, 0) is 0 Å². The molecule has 0 atom stereocenters. The summed E-state index contributed by atoms with van der Waals surface area (Å²) in [4.78, 5) is 0. The van der Waals surface area contributed by atoms with Crippen molar-refractivity contribution in [2.45, 2.75) is 6.92 Å². The van der Waals surface area contributed by atoms with Crippen LogP contribution in [0.25, 0.3) is 0 Å². The Hall–Kier alpha value is 0.810. The summed E-state index contributed by atoms with van der Waals surface area (Å²) in [5.41, 5.74) is 0. The van der Waals surface area contributed by atoms with Gasteiger partial charge in [0, 0.05) is 0 Å². The molecule has 1 aromatic carbocycles. The van der Waals surface area contributed by atoms with Crippen LogP contribution in [0.15, 0.2) is 24.3 Å². The molecule has 0 amide bonds.